The minimum absolute atomic E-state index is 0.171. The van der Waals surface area contributed by atoms with Crippen LogP contribution in [0.5, 0.6) is 0 Å². The standard InChI is InChI=1S/C10H14O/c1-4-10(3)7-9(11)6-5-8(10)2/h1,8H,5-7H2,2-3H3. The van der Waals surface area contributed by atoms with Crippen molar-refractivity contribution < 1.29 is 4.79 Å². The molecule has 0 spiro atoms. The molecule has 0 aromatic carbocycles. The van der Waals surface area contributed by atoms with Crippen LogP contribution in [0.1, 0.15) is 33.1 Å². The Bertz CT molecular complexity index is 211. The van der Waals surface area contributed by atoms with Gasteiger partial charge in [0, 0.05) is 18.3 Å². The number of ketones is 1. The van der Waals surface area contributed by atoms with Crippen molar-refractivity contribution in [2.45, 2.75) is 33.1 Å². The predicted octanol–water partition coefficient (Wildman–Crippen LogP) is 2.01. The first-order valence-electron chi connectivity index (χ1n) is 4.08. The van der Waals surface area contributed by atoms with Gasteiger partial charge in [-0.25, -0.2) is 0 Å². The Morgan fingerprint density at radius 3 is 2.82 bits per heavy atom. The molecule has 0 saturated heterocycles. The third-order valence-corrected chi connectivity index (χ3v) is 2.84. The molecule has 0 amide bonds. The number of carbonyl (C=O) groups excluding carboxylic acids is 1. The van der Waals surface area contributed by atoms with E-state index < -0.39 is 0 Å². The third-order valence-electron chi connectivity index (χ3n) is 2.84. The van der Waals surface area contributed by atoms with Gasteiger partial charge in [-0.15, -0.1) is 6.42 Å². The number of hydrogen-bond acceptors (Lipinski definition) is 1. The lowest BCUT2D eigenvalue weighted by molar-refractivity contribution is -0.123. The van der Waals surface area contributed by atoms with E-state index in [0.717, 1.165) is 12.8 Å². The number of Topliss-reactive ketones (excluding diaryl/α,β-unsaturated/α-hetero) is 1. The third kappa shape index (κ3) is 1.45. The van der Waals surface area contributed by atoms with Crippen LogP contribution in [0.25, 0.3) is 0 Å². The molecule has 11 heavy (non-hydrogen) atoms. The van der Waals surface area contributed by atoms with E-state index in [4.69, 9.17) is 6.42 Å². The molecule has 2 unspecified atom stereocenters. The van der Waals surface area contributed by atoms with E-state index in [2.05, 4.69) is 12.8 Å². The van der Waals surface area contributed by atoms with Crippen LogP contribution >= 0.6 is 0 Å². The average molecular weight is 150 g/mol. The zero-order valence-electron chi connectivity index (χ0n) is 7.18. The van der Waals surface area contributed by atoms with Gasteiger partial charge in [0.15, 0.2) is 0 Å². The Kier molecular flexibility index (Phi) is 2.04. The highest BCUT2D eigenvalue weighted by Gasteiger charge is 2.35. The molecule has 1 fully saturated rings. The number of rotatable bonds is 0. The Morgan fingerprint density at radius 1 is 1.73 bits per heavy atom. The van der Waals surface area contributed by atoms with E-state index in [0.29, 0.717) is 18.1 Å². The van der Waals surface area contributed by atoms with Gasteiger partial charge in [0.25, 0.3) is 0 Å². The van der Waals surface area contributed by atoms with Crippen LogP contribution in [0, 0.1) is 23.7 Å². The van der Waals surface area contributed by atoms with E-state index >= 15 is 0 Å². The Balaban J connectivity index is 2.78. The molecule has 0 aliphatic heterocycles. The van der Waals surface area contributed by atoms with Gasteiger partial charge < -0.3 is 0 Å². The van der Waals surface area contributed by atoms with Gasteiger partial charge in [0.05, 0.1) is 0 Å². The summed E-state index contributed by atoms with van der Waals surface area (Å²) in [5, 5.41) is 0. The number of terminal acetylenes is 1. The minimum Gasteiger partial charge on any atom is -0.300 e. The van der Waals surface area contributed by atoms with Crippen LogP contribution in [0.4, 0.5) is 0 Å². The maximum atomic E-state index is 11.1. The minimum atomic E-state index is -0.171. The molecule has 1 heteroatoms. The molecular weight excluding hydrogens is 136 g/mol. The smallest absolute Gasteiger partial charge is 0.134 e. The highest BCUT2D eigenvalue weighted by molar-refractivity contribution is 5.80. The zero-order valence-corrected chi connectivity index (χ0v) is 7.18. The summed E-state index contributed by atoms with van der Waals surface area (Å²) >= 11 is 0. The molecule has 60 valence electrons. The molecule has 0 heterocycles. The summed E-state index contributed by atoms with van der Waals surface area (Å²) in [6.45, 7) is 4.14. The van der Waals surface area contributed by atoms with Crippen molar-refractivity contribution in [2.75, 3.05) is 0 Å². The van der Waals surface area contributed by atoms with Crippen LogP contribution in [0.3, 0.4) is 0 Å². The summed E-state index contributed by atoms with van der Waals surface area (Å²) in [5.74, 6) is 3.55. The first-order valence-corrected chi connectivity index (χ1v) is 4.08. The quantitative estimate of drug-likeness (QED) is 0.483. The molecule has 1 aliphatic rings. The van der Waals surface area contributed by atoms with Crippen LogP contribution in [-0.4, -0.2) is 5.78 Å². The SMILES string of the molecule is C#CC1(C)CC(=O)CCC1C. The van der Waals surface area contributed by atoms with Gasteiger partial charge in [-0.1, -0.05) is 12.8 Å². The summed E-state index contributed by atoms with van der Waals surface area (Å²) in [7, 11) is 0. The van der Waals surface area contributed by atoms with Gasteiger partial charge in [-0.2, -0.15) is 0 Å². The molecule has 1 rings (SSSR count). The monoisotopic (exact) mass is 150 g/mol. The van der Waals surface area contributed by atoms with E-state index in [9.17, 15) is 4.79 Å². The summed E-state index contributed by atoms with van der Waals surface area (Å²) in [4.78, 5) is 11.1. The average Bonchev–Trinajstić information content (AvgIpc) is 1.98. The van der Waals surface area contributed by atoms with Crippen LogP contribution in [0.2, 0.25) is 0 Å². The van der Waals surface area contributed by atoms with Crippen LogP contribution in [0.15, 0.2) is 0 Å². The molecule has 0 N–H and O–H groups in total. The summed E-state index contributed by atoms with van der Waals surface area (Å²) in [6.07, 6.45) is 7.64. The van der Waals surface area contributed by atoms with Crippen molar-refractivity contribution in [3.05, 3.63) is 0 Å². The lowest BCUT2D eigenvalue weighted by atomic mass is 9.68. The molecule has 2 atom stereocenters. The fourth-order valence-corrected chi connectivity index (χ4v) is 1.56. The first-order chi connectivity index (χ1) is 5.08. The second-order valence-electron chi connectivity index (χ2n) is 3.72. The molecule has 1 aliphatic carbocycles. The molecule has 0 bridgehead atoms. The lowest BCUT2D eigenvalue weighted by Crippen LogP contribution is -2.31. The fourth-order valence-electron chi connectivity index (χ4n) is 1.56. The van der Waals surface area contributed by atoms with Gasteiger partial charge in [-0.05, 0) is 19.3 Å². The van der Waals surface area contributed by atoms with Crippen LogP contribution < -0.4 is 0 Å². The summed E-state index contributed by atoms with van der Waals surface area (Å²) in [6, 6.07) is 0. The molecule has 0 radical (unpaired) electrons. The van der Waals surface area contributed by atoms with E-state index in [-0.39, 0.29) is 5.41 Å². The van der Waals surface area contributed by atoms with Crippen molar-refractivity contribution in [2.24, 2.45) is 11.3 Å². The maximum absolute atomic E-state index is 11.1. The second kappa shape index (κ2) is 2.70. The maximum Gasteiger partial charge on any atom is 0.134 e. The van der Waals surface area contributed by atoms with Crippen molar-refractivity contribution in [1.82, 2.24) is 0 Å². The largest absolute Gasteiger partial charge is 0.300 e. The van der Waals surface area contributed by atoms with Gasteiger partial charge in [-0.3, -0.25) is 4.79 Å². The second-order valence-corrected chi connectivity index (χ2v) is 3.72. The van der Waals surface area contributed by atoms with Crippen LogP contribution in [-0.2, 0) is 4.79 Å². The molecule has 1 saturated carbocycles. The normalized spacial score (nSPS) is 38.3. The van der Waals surface area contributed by atoms with E-state index in [1.54, 1.807) is 0 Å². The number of hydrogen-bond donors (Lipinski definition) is 0. The summed E-state index contributed by atoms with van der Waals surface area (Å²) in [5.41, 5.74) is -0.171. The van der Waals surface area contributed by atoms with Crippen molar-refractivity contribution >= 4 is 5.78 Å². The molecule has 0 aromatic rings. The highest BCUT2D eigenvalue weighted by Crippen LogP contribution is 2.38. The van der Waals surface area contributed by atoms with E-state index in [1.807, 2.05) is 6.92 Å². The predicted molar refractivity (Wildman–Crippen MR) is 45.0 cm³/mol. The van der Waals surface area contributed by atoms with Gasteiger partial charge >= 0.3 is 0 Å². The molecule has 1 nitrogen and oxygen atoms in total. The first kappa shape index (κ1) is 8.33. The Hall–Kier alpha value is -0.770. The van der Waals surface area contributed by atoms with Crippen molar-refractivity contribution in [3.8, 4) is 12.3 Å². The van der Waals surface area contributed by atoms with Gasteiger partial charge in [0.1, 0.15) is 5.78 Å². The van der Waals surface area contributed by atoms with Gasteiger partial charge in [0.2, 0.25) is 0 Å². The van der Waals surface area contributed by atoms with Crippen molar-refractivity contribution in [3.63, 3.8) is 0 Å². The topological polar surface area (TPSA) is 17.1 Å². The highest BCUT2D eigenvalue weighted by atomic mass is 16.1. The lowest BCUT2D eigenvalue weighted by Gasteiger charge is -2.34. The summed E-state index contributed by atoms with van der Waals surface area (Å²) < 4.78 is 0. The molecular formula is C10H14O. The Labute approximate surface area is 68.2 Å². The van der Waals surface area contributed by atoms with Crippen molar-refractivity contribution in [1.29, 1.82) is 0 Å². The number of carbonyl (C=O) groups is 1. The van der Waals surface area contributed by atoms with E-state index in [1.165, 1.54) is 0 Å². The molecule has 0 aromatic heterocycles. The fraction of sp³-hybridized carbons (Fsp3) is 0.700. The zero-order chi connectivity index (χ0) is 8.48. The Morgan fingerprint density at radius 2 is 2.36 bits per heavy atom.